The van der Waals surface area contributed by atoms with Gasteiger partial charge in [0.05, 0.1) is 18.2 Å². The first-order chi connectivity index (χ1) is 9.15. The van der Waals surface area contributed by atoms with E-state index in [4.69, 9.17) is 4.74 Å². The molecule has 0 radical (unpaired) electrons. The van der Waals surface area contributed by atoms with Crippen LogP contribution in [-0.4, -0.2) is 32.4 Å². The third-order valence-electron chi connectivity index (χ3n) is 2.74. The van der Waals surface area contributed by atoms with E-state index in [1.165, 1.54) is 6.20 Å². The number of hydrogen-bond acceptors (Lipinski definition) is 4. The van der Waals surface area contributed by atoms with Gasteiger partial charge in [0.15, 0.2) is 5.65 Å². The van der Waals surface area contributed by atoms with Crippen LogP contribution in [0.25, 0.3) is 11.0 Å². The predicted octanol–water partition coefficient (Wildman–Crippen LogP) is 2.01. The van der Waals surface area contributed by atoms with E-state index >= 15 is 0 Å². The lowest BCUT2D eigenvalue weighted by Crippen LogP contribution is -2.06. The van der Waals surface area contributed by atoms with Gasteiger partial charge in [-0.1, -0.05) is 6.08 Å². The van der Waals surface area contributed by atoms with Gasteiger partial charge in [0.2, 0.25) is 0 Å². The van der Waals surface area contributed by atoms with Crippen LogP contribution in [0.3, 0.4) is 0 Å². The van der Waals surface area contributed by atoms with Crippen LogP contribution in [0.4, 0.5) is 0 Å². The molecule has 0 atom stereocenters. The zero-order valence-electron chi connectivity index (χ0n) is 10.7. The first kappa shape index (κ1) is 13.1. The molecule has 0 unspecified atom stereocenters. The number of nitrogens with zero attached hydrogens (tertiary/aromatic N) is 3. The second-order valence-corrected chi connectivity index (χ2v) is 4.09. The summed E-state index contributed by atoms with van der Waals surface area (Å²) in [6.07, 6.45) is 6.27. The number of aromatic nitrogens is 3. The van der Waals surface area contributed by atoms with Gasteiger partial charge < -0.3 is 9.84 Å². The SMILES string of the molecule is C=CCCCOc1c(C(=O)O)cnc2c1cnn2C. The van der Waals surface area contributed by atoms with Crippen molar-refractivity contribution in [1.82, 2.24) is 14.8 Å². The molecule has 2 aromatic rings. The van der Waals surface area contributed by atoms with E-state index in [1.54, 1.807) is 24.0 Å². The summed E-state index contributed by atoms with van der Waals surface area (Å²) in [5.41, 5.74) is 0.655. The number of rotatable bonds is 6. The molecule has 0 fully saturated rings. The van der Waals surface area contributed by atoms with Crippen molar-refractivity contribution < 1.29 is 14.6 Å². The molecular weight excluding hydrogens is 246 g/mol. The van der Waals surface area contributed by atoms with E-state index in [2.05, 4.69) is 16.7 Å². The highest BCUT2D eigenvalue weighted by molar-refractivity contribution is 5.97. The summed E-state index contributed by atoms with van der Waals surface area (Å²) in [6, 6.07) is 0. The van der Waals surface area contributed by atoms with Gasteiger partial charge >= 0.3 is 5.97 Å². The summed E-state index contributed by atoms with van der Waals surface area (Å²) in [6.45, 7) is 4.06. The zero-order chi connectivity index (χ0) is 13.8. The fourth-order valence-corrected chi connectivity index (χ4v) is 1.78. The van der Waals surface area contributed by atoms with Crippen LogP contribution in [0.1, 0.15) is 23.2 Å². The highest BCUT2D eigenvalue weighted by Gasteiger charge is 2.18. The molecule has 6 nitrogen and oxygen atoms in total. The lowest BCUT2D eigenvalue weighted by molar-refractivity contribution is 0.0692. The Labute approximate surface area is 110 Å². The standard InChI is InChI=1S/C13H15N3O3/c1-3-4-5-6-19-11-9-8-15-16(2)12(9)14-7-10(11)13(17)18/h3,7-8H,1,4-6H2,2H3,(H,17,18). The maximum atomic E-state index is 11.2. The predicted molar refractivity (Wildman–Crippen MR) is 70.4 cm³/mol. The molecule has 0 aliphatic rings. The third-order valence-corrected chi connectivity index (χ3v) is 2.74. The molecule has 2 heterocycles. The third kappa shape index (κ3) is 2.57. The minimum absolute atomic E-state index is 0.0547. The summed E-state index contributed by atoms with van der Waals surface area (Å²) in [7, 11) is 1.75. The monoisotopic (exact) mass is 261 g/mol. The number of ether oxygens (including phenoxy) is 1. The molecule has 100 valence electrons. The Balaban J connectivity index is 2.38. The molecule has 1 N–H and O–H groups in total. The Morgan fingerprint density at radius 1 is 1.58 bits per heavy atom. The first-order valence-electron chi connectivity index (χ1n) is 5.93. The average molecular weight is 261 g/mol. The quantitative estimate of drug-likeness (QED) is 0.635. The largest absolute Gasteiger partial charge is 0.492 e. The molecule has 0 saturated heterocycles. The Morgan fingerprint density at radius 3 is 3.05 bits per heavy atom. The number of aryl methyl sites for hydroxylation is 1. The molecule has 0 amide bonds. The smallest absolute Gasteiger partial charge is 0.341 e. The maximum Gasteiger partial charge on any atom is 0.341 e. The van der Waals surface area contributed by atoms with Gasteiger partial charge in [-0.05, 0) is 12.8 Å². The van der Waals surface area contributed by atoms with E-state index in [9.17, 15) is 9.90 Å². The number of unbranched alkanes of at least 4 members (excludes halogenated alkanes) is 1. The lowest BCUT2D eigenvalue weighted by Gasteiger charge is -2.09. The Bertz CT molecular complexity index is 619. The average Bonchev–Trinajstić information content (AvgIpc) is 2.76. The number of allylic oxidation sites excluding steroid dienone is 1. The van der Waals surface area contributed by atoms with Crippen molar-refractivity contribution in [3.8, 4) is 5.75 Å². The van der Waals surface area contributed by atoms with Gasteiger partial charge in [0.25, 0.3) is 0 Å². The number of hydrogen-bond donors (Lipinski definition) is 1. The van der Waals surface area contributed by atoms with E-state index < -0.39 is 5.97 Å². The zero-order valence-corrected chi connectivity index (χ0v) is 10.7. The van der Waals surface area contributed by atoms with E-state index in [1.807, 2.05) is 0 Å². The van der Waals surface area contributed by atoms with Crippen molar-refractivity contribution >= 4 is 17.0 Å². The second-order valence-electron chi connectivity index (χ2n) is 4.09. The molecule has 2 rings (SSSR count). The van der Waals surface area contributed by atoms with Gasteiger partial charge in [0.1, 0.15) is 11.3 Å². The molecule has 0 bridgehead atoms. The van der Waals surface area contributed by atoms with Gasteiger partial charge in [-0.2, -0.15) is 5.10 Å². The summed E-state index contributed by atoms with van der Waals surface area (Å²) in [4.78, 5) is 15.3. The number of carboxylic acids is 1. The minimum Gasteiger partial charge on any atom is -0.492 e. The topological polar surface area (TPSA) is 77.2 Å². The molecule has 6 heteroatoms. The number of carbonyl (C=O) groups is 1. The van der Waals surface area contributed by atoms with Crippen LogP contribution >= 0.6 is 0 Å². The van der Waals surface area contributed by atoms with Crippen LogP contribution in [0, 0.1) is 0 Å². The summed E-state index contributed by atoms with van der Waals surface area (Å²) < 4.78 is 7.19. The molecule has 0 saturated carbocycles. The molecule has 0 spiro atoms. The minimum atomic E-state index is -1.06. The van der Waals surface area contributed by atoms with Crippen LogP contribution in [0.5, 0.6) is 5.75 Å². The number of carboxylic acid groups (broad SMARTS) is 1. The summed E-state index contributed by atoms with van der Waals surface area (Å²) in [5.74, 6) is -0.730. The molecule has 0 aliphatic carbocycles. The number of pyridine rings is 1. The molecular formula is C13H15N3O3. The maximum absolute atomic E-state index is 11.2. The number of aromatic carboxylic acids is 1. The van der Waals surface area contributed by atoms with Crippen molar-refractivity contribution in [3.05, 3.63) is 30.6 Å². The molecule has 0 aliphatic heterocycles. The first-order valence-corrected chi connectivity index (χ1v) is 5.93. The highest BCUT2D eigenvalue weighted by Crippen LogP contribution is 2.28. The number of fused-ring (bicyclic) bond motifs is 1. The molecule has 0 aromatic carbocycles. The van der Waals surface area contributed by atoms with Gasteiger partial charge in [0, 0.05) is 13.2 Å². The second kappa shape index (κ2) is 5.51. The van der Waals surface area contributed by atoms with Crippen molar-refractivity contribution in [2.75, 3.05) is 6.61 Å². The van der Waals surface area contributed by atoms with Crippen LogP contribution in [0.15, 0.2) is 25.0 Å². The van der Waals surface area contributed by atoms with Crippen molar-refractivity contribution in [3.63, 3.8) is 0 Å². The highest BCUT2D eigenvalue weighted by atomic mass is 16.5. The van der Waals surface area contributed by atoms with E-state index in [0.29, 0.717) is 23.4 Å². The van der Waals surface area contributed by atoms with Crippen molar-refractivity contribution in [2.24, 2.45) is 7.05 Å². The van der Waals surface area contributed by atoms with E-state index in [-0.39, 0.29) is 5.56 Å². The normalized spacial score (nSPS) is 10.6. The summed E-state index contributed by atoms with van der Waals surface area (Å²) >= 11 is 0. The van der Waals surface area contributed by atoms with Crippen molar-refractivity contribution in [2.45, 2.75) is 12.8 Å². The Morgan fingerprint density at radius 2 is 2.37 bits per heavy atom. The Kier molecular flexibility index (Phi) is 3.79. The molecule has 19 heavy (non-hydrogen) atoms. The van der Waals surface area contributed by atoms with Crippen molar-refractivity contribution in [1.29, 1.82) is 0 Å². The lowest BCUT2D eigenvalue weighted by atomic mass is 10.2. The fourth-order valence-electron chi connectivity index (χ4n) is 1.78. The van der Waals surface area contributed by atoms with Gasteiger partial charge in [-0.15, -0.1) is 6.58 Å². The van der Waals surface area contributed by atoms with E-state index in [0.717, 1.165) is 12.8 Å². The van der Waals surface area contributed by atoms with Gasteiger partial charge in [-0.3, -0.25) is 4.68 Å². The molecule has 2 aromatic heterocycles. The van der Waals surface area contributed by atoms with Crippen LogP contribution < -0.4 is 4.74 Å². The van der Waals surface area contributed by atoms with Crippen LogP contribution in [0.2, 0.25) is 0 Å². The van der Waals surface area contributed by atoms with Gasteiger partial charge in [-0.25, -0.2) is 9.78 Å². The summed E-state index contributed by atoms with van der Waals surface area (Å²) in [5, 5.41) is 13.8. The fraction of sp³-hybridized carbons (Fsp3) is 0.308. The van der Waals surface area contributed by atoms with Crippen LogP contribution in [-0.2, 0) is 7.05 Å². The Hall–Kier alpha value is -2.37.